The molecule has 3 saturated heterocycles. The van der Waals surface area contributed by atoms with Gasteiger partial charge in [-0.3, -0.25) is 14.4 Å². The Morgan fingerprint density at radius 1 is 0.698 bits per heavy atom. The van der Waals surface area contributed by atoms with Gasteiger partial charge < -0.3 is 36.8 Å². The van der Waals surface area contributed by atoms with Crippen molar-refractivity contribution in [3.63, 3.8) is 0 Å². The van der Waals surface area contributed by atoms with Crippen LogP contribution in [0.3, 0.4) is 0 Å². The number of halogens is 1. The predicted molar refractivity (Wildman–Crippen MR) is 238 cm³/mol. The van der Waals surface area contributed by atoms with Crippen molar-refractivity contribution < 1.29 is 52.5 Å². The lowest BCUT2D eigenvalue weighted by atomic mass is 10.2. The molecule has 0 radical (unpaired) electrons. The largest absolute Gasteiger partial charge is 0.499 e. The molecule has 3 heterocycles. The second-order valence-electron chi connectivity index (χ2n) is 16.8. The van der Waals surface area contributed by atoms with Gasteiger partial charge in [-0.2, -0.15) is 0 Å². The van der Waals surface area contributed by atoms with Crippen LogP contribution < -0.4 is 0 Å². The minimum atomic E-state index is -1.69. The van der Waals surface area contributed by atoms with Gasteiger partial charge in [0.15, 0.2) is 49.9 Å². The van der Waals surface area contributed by atoms with E-state index in [-0.39, 0.29) is 43.0 Å². The van der Waals surface area contributed by atoms with Crippen LogP contribution in [-0.2, 0) is 40.9 Å². The highest BCUT2D eigenvalue weighted by Gasteiger charge is 2.46. The summed E-state index contributed by atoms with van der Waals surface area (Å²) in [6, 6.07) is 5.07. The Balaban J connectivity index is -0.000000652. The topological polar surface area (TPSA) is 147 Å². The highest BCUT2D eigenvalue weighted by atomic mass is 35.5. The van der Waals surface area contributed by atoms with Crippen molar-refractivity contribution in [1.82, 2.24) is 0 Å². The van der Waals surface area contributed by atoms with Crippen LogP contribution in [0.25, 0.3) is 0 Å². The van der Waals surface area contributed by atoms with E-state index in [1.165, 1.54) is 12.5 Å². The monoisotopic (exact) mass is 893 g/mol. The molecule has 11 nitrogen and oxygen atoms in total. The summed E-state index contributed by atoms with van der Waals surface area (Å²) in [5.41, 5.74) is 0. The minimum Gasteiger partial charge on any atom is -0.499 e. The summed E-state index contributed by atoms with van der Waals surface area (Å²) in [6.07, 6.45) is 2.66. The molecule has 0 saturated carbocycles. The number of ether oxygens (including phenoxy) is 3. The fourth-order valence-corrected chi connectivity index (χ4v) is 37.6. The molecule has 0 bridgehead atoms. The summed E-state index contributed by atoms with van der Waals surface area (Å²) < 4.78 is 39.0. The second-order valence-corrected chi connectivity index (χ2v) is 43.2. The van der Waals surface area contributed by atoms with Crippen LogP contribution >= 0.6 is 23.8 Å². The first kappa shape index (κ1) is 54.3. The van der Waals surface area contributed by atoms with Gasteiger partial charge in [-0.1, -0.05) is 32.8 Å². The third kappa shape index (κ3) is 26.7. The summed E-state index contributed by atoms with van der Waals surface area (Å²) >= 11 is 9.50. The molecular weight excluding hydrogens is 820 g/mol. The zero-order chi connectivity index (χ0) is 41.9. The molecule has 3 aliphatic heterocycles. The summed E-state index contributed by atoms with van der Waals surface area (Å²) in [7, 11) is -9.92. The molecule has 0 atom stereocenters. The molecule has 2 N–H and O–H groups in total. The van der Waals surface area contributed by atoms with Crippen molar-refractivity contribution in [2.75, 3.05) is 26.4 Å². The van der Waals surface area contributed by atoms with Crippen molar-refractivity contribution in [3.8, 4) is 0 Å². The van der Waals surface area contributed by atoms with Gasteiger partial charge in [0.05, 0.1) is 32.3 Å². The summed E-state index contributed by atoms with van der Waals surface area (Å²) in [5.74, 6) is 0.0539. The maximum Gasteiger partial charge on any atom is 0.308 e. The lowest BCUT2D eigenvalue weighted by Crippen LogP contribution is -2.52. The molecule has 3 rings (SSSR count). The van der Waals surface area contributed by atoms with Crippen LogP contribution in [0, 0.1) is 17.8 Å². The SMILES string of the molecule is C.C=COCCO.C=COCCOC(=O)C1C[Si](C)(C)O[Si](C)(C)C1.C[Si]1(C)CC(C(=O)Cl)C[Si](C)(C)O1.C[Si]1(C)CC(C(=O)O)C[Si](C)(C)O1.[2H]C=S. The average molecular weight is 895 g/mol. The van der Waals surface area contributed by atoms with Gasteiger partial charge in [0, 0.05) is 5.92 Å². The van der Waals surface area contributed by atoms with Crippen LogP contribution in [0.2, 0.25) is 115 Å². The Bertz CT molecular complexity index is 1080. The van der Waals surface area contributed by atoms with E-state index < -0.39 is 55.9 Å². The average Bonchev–Trinajstić information content (AvgIpc) is 2.95. The van der Waals surface area contributed by atoms with Gasteiger partial charge >= 0.3 is 11.9 Å². The van der Waals surface area contributed by atoms with Crippen LogP contribution in [-0.4, -0.2) is 110 Å². The number of rotatable bonds is 10. The fourth-order valence-electron chi connectivity index (χ4n) is 7.30. The van der Waals surface area contributed by atoms with Crippen molar-refractivity contribution in [3.05, 3.63) is 25.7 Å². The van der Waals surface area contributed by atoms with Crippen LogP contribution in [0.5, 0.6) is 0 Å². The first-order valence-corrected chi connectivity index (χ1v) is 37.1. The number of carboxylic acids is 1. The summed E-state index contributed by atoms with van der Waals surface area (Å²) in [4.78, 5) is 34.1. The smallest absolute Gasteiger partial charge is 0.308 e. The van der Waals surface area contributed by atoms with E-state index in [0.29, 0.717) is 19.8 Å². The van der Waals surface area contributed by atoms with Gasteiger partial charge in [-0.05, 0) is 132 Å². The predicted octanol–water partition coefficient (Wildman–Crippen LogP) is 9.07. The molecule has 19 heteroatoms. The number of aliphatic hydroxyl groups is 1. The number of hydrogen-bond donors (Lipinski definition) is 2. The Morgan fingerprint density at radius 3 is 1.26 bits per heavy atom. The van der Waals surface area contributed by atoms with Crippen molar-refractivity contribution in [2.24, 2.45) is 17.8 Å². The standard InChI is InChI=1S/C12H24O4Si2.C8H17ClO2Si2.C8H18O3Si2.C4H8O2.CH2S.CH4/c1-6-14-7-8-15-12(13)11-9-17(2,3)16-18(4,5)10-11;2*1-12(2)5-7(8(9)10)6-13(3,4)11-12;1-2-6-4-3-5;1-2;/h6,11H,1,7-10H2,2-5H3;7H,5-6H2,1-4H3;7H,5-6H2,1-4H3,(H,9,10);2,5H,1,3-4H2;1H2;1H4/i;;;;1D;. The van der Waals surface area contributed by atoms with Crippen molar-refractivity contribution >= 4 is 96.8 Å². The molecule has 0 spiro atoms. The van der Waals surface area contributed by atoms with Crippen LogP contribution in [0.4, 0.5) is 0 Å². The van der Waals surface area contributed by atoms with Gasteiger partial charge in [-0.15, -0.1) is 0 Å². The van der Waals surface area contributed by atoms with Crippen molar-refractivity contribution in [2.45, 2.75) is 122 Å². The number of carboxylic acid groups (broad SMARTS) is 1. The number of esters is 1. The maximum absolute atomic E-state index is 12.0. The summed E-state index contributed by atoms with van der Waals surface area (Å²) in [5, 5.41) is 16.9. The second kappa shape index (κ2) is 25.5. The molecule has 312 valence electrons. The Morgan fingerprint density at radius 2 is 1.00 bits per heavy atom. The number of aliphatic hydroxyl groups excluding tert-OH is 1. The number of carbonyl (C=O) groups excluding carboxylic acids is 2. The third-order valence-corrected chi connectivity index (χ3v) is 30.4. The first-order valence-electron chi connectivity index (χ1n) is 18.2. The number of carbonyl (C=O) groups is 3. The molecule has 3 aliphatic rings. The van der Waals surface area contributed by atoms with Gasteiger partial charge in [0.1, 0.15) is 19.8 Å². The molecule has 0 aromatic rings. The molecule has 0 amide bonds. The van der Waals surface area contributed by atoms with Gasteiger partial charge in [0.25, 0.3) is 0 Å². The molecule has 0 aliphatic carbocycles. The highest BCUT2D eigenvalue weighted by Crippen LogP contribution is 2.38. The Labute approximate surface area is 339 Å². The molecule has 0 aromatic heterocycles. The quantitative estimate of drug-likeness (QED) is 0.0539. The van der Waals surface area contributed by atoms with E-state index in [1.54, 1.807) is 0 Å². The first-order chi connectivity index (χ1) is 24.0. The van der Waals surface area contributed by atoms with Gasteiger partial charge in [0.2, 0.25) is 5.24 Å². The lowest BCUT2D eigenvalue weighted by molar-refractivity contribution is -0.148. The van der Waals surface area contributed by atoms with E-state index >= 15 is 0 Å². The molecule has 0 aromatic carbocycles. The zero-order valence-corrected chi connectivity index (χ0v) is 41.4. The van der Waals surface area contributed by atoms with Crippen LogP contribution in [0.1, 0.15) is 8.80 Å². The van der Waals surface area contributed by atoms with E-state index in [1.807, 2.05) is 0 Å². The highest BCUT2D eigenvalue weighted by molar-refractivity contribution is 7.77. The molecule has 0 unspecified atom stereocenters. The van der Waals surface area contributed by atoms with E-state index in [9.17, 15) is 14.4 Å². The molecular formula is C34H73ClO11SSi6. The fraction of sp³-hybridized carbons (Fsp3) is 0.765. The summed E-state index contributed by atoms with van der Waals surface area (Å²) in [6.45, 7) is 33.7. The van der Waals surface area contributed by atoms with Gasteiger partial charge in [-0.25, -0.2) is 0 Å². The molecule has 53 heavy (non-hydrogen) atoms. The third-order valence-electron chi connectivity index (χ3n) is 7.98. The van der Waals surface area contributed by atoms with E-state index in [0.717, 1.165) is 42.1 Å². The van der Waals surface area contributed by atoms with E-state index in [4.69, 9.17) is 45.0 Å². The lowest BCUT2D eigenvalue weighted by Gasteiger charge is -2.42. The number of aliphatic carboxylic acids is 1. The van der Waals surface area contributed by atoms with Crippen LogP contribution in [0.15, 0.2) is 25.7 Å². The minimum absolute atomic E-state index is 0. The Hall–Kier alpha value is -0.789. The number of hydrogen-bond acceptors (Lipinski definition) is 11. The van der Waals surface area contributed by atoms with Crippen molar-refractivity contribution in [1.29, 1.82) is 0 Å². The van der Waals surface area contributed by atoms with E-state index in [2.05, 4.69) is 109 Å². The normalized spacial score (nSPS) is 22.0. The number of thiocarbonyl (C=S) groups is 1. The Kier molecular flexibility index (Phi) is 26.1. The zero-order valence-electron chi connectivity index (χ0n) is 34.8. The molecule has 3 fully saturated rings. The maximum atomic E-state index is 12.0.